The highest BCUT2D eigenvalue weighted by Gasteiger charge is 2.18. The van der Waals surface area contributed by atoms with E-state index in [1.165, 1.54) is 0 Å². The highest BCUT2D eigenvalue weighted by Crippen LogP contribution is 2.25. The molecule has 2 aromatic heterocycles. The zero-order chi connectivity index (χ0) is 14.8. The van der Waals surface area contributed by atoms with E-state index in [-0.39, 0.29) is 5.41 Å². The minimum atomic E-state index is 0.102. The van der Waals surface area contributed by atoms with Crippen LogP contribution >= 0.6 is 11.3 Å². The van der Waals surface area contributed by atoms with Gasteiger partial charge in [0.05, 0.1) is 16.4 Å². The van der Waals surface area contributed by atoms with E-state index < -0.39 is 0 Å². The van der Waals surface area contributed by atoms with E-state index in [1.807, 2.05) is 20.0 Å². The second-order valence-electron chi connectivity index (χ2n) is 5.91. The molecule has 0 unspecified atom stereocenters. The second-order valence-corrected chi connectivity index (χ2v) is 6.85. The van der Waals surface area contributed by atoms with Gasteiger partial charge in [-0.3, -0.25) is 0 Å². The number of aryl methyl sites for hydroxylation is 1. The van der Waals surface area contributed by atoms with E-state index in [4.69, 9.17) is 4.98 Å². The van der Waals surface area contributed by atoms with Gasteiger partial charge in [-0.2, -0.15) is 0 Å². The summed E-state index contributed by atoms with van der Waals surface area (Å²) in [5, 5.41) is 6.41. The summed E-state index contributed by atoms with van der Waals surface area (Å²) in [4.78, 5) is 13.6. The summed E-state index contributed by atoms with van der Waals surface area (Å²) in [7, 11) is 0. The topological polar surface area (TPSA) is 50.7 Å². The van der Waals surface area contributed by atoms with Crippen molar-refractivity contribution in [3.05, 3.63) is 33.5 Å². The molecule has 0 aliphatic rings. The van der Waals surface area contributed by atoms with Crippen molar-refractivity contribution < 1.29 is 0 Å². The van der Waals surface area contributed by atoms with Crippen molar-refractivity contribution in [3.63, 3.8) is 0 Å². The molecule has 0 radical (unpaired) electrons. The Hall–Kier alpha value is -1.49. The Morgan fingerprint density at radius 2 is 2.00 bits per heavy atom. The highest BCUT2D eigenvalue weighted by molar-refractivity contribution is 7.09. The lowest BCUT2D eigenvalue weighted by atomic mass is 9.93. The van der Waals surface area contributed by atoms with Crippen LogP contribution in [0.4, 0.5) is 5.95 Å². The predicted octanol–water partition coefficient (Wildman–Crippen LogP) is 3.56. The SMILES string of the molecule is CCNc1ncc(C)c(Cc2nc(C(C)(C)C)cs2)n1. The van der Waals surface area contributed by atoms with Crippen LogP contribution in [0.2, 0.25) is 0 Å². The number of hydrogen-bond acceptors (Lipinski definition) is 5. The molecular weight excluding hydrogens is 268 g/mol. The number of anilines is 1. The van der Waals surface area contributed by atoms with Crippen LogP contribution in [0.3, 0.4) is 0 Å². The maximum absolute atomic E-state index is 4.73. The Kier molecular flexibility index (Phi) is 4.38. The van der Waals surface area contributed by atoms with E-state index in [0.29, 0.717) is 5.95 Å². The molecule has 2 rings (SSSR count). The lowest BCUT2D eigenvalue weighted by Gasteiger charge is -2.14. The average Bonchev–Trinajstić information content (AvgIpc) is 2.82. The maximum Gasteiger partial charge on any atom is 0.222 e. The summed E-state index contributed by atoms with van der Waals surface area (Å²) in [6.45, 7) is 11.5. The third-order valence-corrected chi connectivity index (χ3v) is 3.90. The first-order chi connectivity index (χ1) is 9.40. The van der Waals surface area contributed by atoms with Gasteiger partial charge in [0.25, 0.3) is 0 Å². The first-order valence-electron chi connectivity index (χ1n) is 6.91. The van der Waals surface area contributed by atoms with Crippen molar-refractivity contribution in [2.75, 3.05) is 11.9 Å². The third kappa shape index (κ3) is 3.54. The van der Waals surface area contributed by atoms with Gasteiger partial charge in [0.2, 0.25) is 5.95 Å². The zero-order valence-corrected chi connectivity index (χ0v) is 13.6. The van der Waals surface area contributed by atoms with Gasteiger partial charge in [-0.15, -0.1) is 11.3 Å². The van der Waals surface area contributed by atoms with Crippen molar-refractivity contribution in [2.24, 2.45) is 0 Å². The normalized spacial score (nSPS) is 11.7. The molecule has 20 heavy (non-hydrogen) atoms. The Labute approximate surface area is 124 Å². The molecule has 5 heteroatoms. The van der Waals surface area contributed by atoms with Crippen molar-refractivity contribution >= 4 is 17.3 Å². The number of aromatic nitrogens is 3. The minimum Gasteiger partial charge on any atom is -0.354 e. The lowest BCUT2D eigenvalue weighted by Crippen LogP contribution is -2.11. The molecule has 1 N–H and O–H groups in total. The Morgan fingerprint density at radius 3 is 2.60 bits per heavy atom. The van der Waals surface area contributed by atoms with Gasteiger partial charge < -0.3 is 5.32 Å². The summed E-state index contributed by atoms with van der Waals surface area (Å²) in [5.41, 5.74) is 3.41. The molecule has 0 aliphatic carbocycles. The van der Waals surface area contributed by atoms with Crippen molar-refractivity contribution in [3.8, 4) is 0 Å². The van der Waals surface area contributed by atoms with Gasteiger partial charge in [0.1, 0.15) is 0 Å². The molecular formula is C15H22N4S. The summed E-state index contributed by atoms with van der Waals surface area (Å²) in [6, 6.07) is 0. The minimum absolute atomic E-state index is 0.102. The molecule has 0 spiro atoms. The zero-order valence-electron chi connectivity index (χ0n) is 12.8. The van der Waals surface area contributed by atoms with Crippen LogP contribution in [-0.4, -0.2) is 21.5 Å². The van der Waals surface area contributed by atoms with Gasteiger partial charge in [-0.25, -0.2) is 15.0 Å². The number of rotatable bonds is 4. The molecule has 108 valence electrons. The molecule has 0 bridgehead atoms. The van der Waals surface area contributed by atoms with Gasteiger partial charge >= 0.3 is 0 Å². The number of hydrogen-bond donors (Lipinski definition) is 1. The van der Waals surface area contributed by atoms with Crippen LogP contribution in [0.25, 0.3) is 0 Å². The summed E-state index contributed by atoms with van der Waals surface area (Å²) in [5.74, 6) is 0.695. The van der Waals surface area contributed by atoms with Gasteiger partial charge in [-0.1, -0.05) is 20.8 Å². The third-order valence-electron chi connectivity index (χ3n) is 3.05. The molecule has 2 aromatic rings. The Balaban J connectivity index is 2.21. The van der Waals surface area contributed by atoms with Crippen LogP contribution in [0, 0.1) is 6.92 Å². The van der Waals surface area contributed by atoms with Crippen molar-refractivity contribution in [2.45, 2.75) is 46.5 Å². The number of nitrogens with one attached hydrogen (secondary N) is 1. The van der Waals surface area contributed by atoms with Crippen LogP contribution in [0.15, 0.2) is 11.6 Å². The van der Waals surface area contributed by atoms with E-state index >= 15 is 0 Å². The van der Waals surface area contributed by atoms with E-state index in [0.717, 1.165) is 34.9 Å². The largest absolute Gasteiger partial charge is 0.354 e. The molecule has 0 aliphatic heterocycles. The fourth-order valence-corrected chi connectivity index (χ4v) is 2.80. The molecule has 4 nitrogen and oxygen atoms in total. The van der Waals surface area contributed by atoms with Gasteiger partial charge in [0, 0.05) is 30.0 Å². The van der Waals surface area contributed by atoms with Crippen LogP contribution < -0.4 is 5.32 Å². The van der Waals surface area contributed by atoms with Crippen LogP contribution in [0.5, 0.6) is 0 Å². The van der Waals surface area contributed by atoms with E-state index in [9.17, 15) is 0 Å². The lowest BCUT2D eigenvalue weighted by molar-refractivity contribution is 0.571. The van der Waals surface area contributed by atoms with Crippen LogP contribution in [-0.2, 0) is 11.8 Å². The monoisotopic (exact) mass is 290 g/mol. The molecule has 0 aromatic carbocycles. The molecule has 0 amide bonds. The van der Waals surface area contributed by atoms with Crippen molar-refractivity contribution in [1.82, 2.24) is 15.0 Å². The van der Waals surface area contributed by atoms with Gasteiger partial charge in [-0.05, 0) is 19.4 Å². The first-order valence-corrected chi connectivity index (χ1v) is 7.79. The van der Waals surface area contributed by atoms with Crippen molar-refractivity contribution in [1.29, 1.82) is 0 Å². The molecule has 0 atom stereocenters. The smallest absolute Gasteiger partial charge is 0.222 e. The standard InChI is InChI=1S/C15H22N4S/c1-6-16-14-17-8-10(2)11(18-14)7-13-19-12(9-20-13)15(3,4)5/h8-9H,6-7H2,1-5H3,(H,16,17,18). The molecule has 2 heterocycles. The summed E-state index contributed by atoms with van der Waals surface area (Å²) >= 11 is 1.71. The fraction of sp³-hybridized carbons (Fsp3) is 0.533. The molecule has 0 fully saturated rings. The average molecular weight is 290 g/mol. The highest BCUT2D eigenvalue weighted by atomic mass is 32.1. The second kappa shape index (κ2) is 5.87. The first kappa shape index (κ1) is 14.9. The van der Waals surface area contributed by atoms with E-state index in [2.05, 4.69) is 41.4 Å². The number of thiazole rings is 1. The summed E-state index contributed by atoms with van der Waals surface area (Å²) in [6.07, 6.45) is 2.64. The Morgan fingerprint density at radius 1 is 1.25 bits per heavy atom. The maximum atomic E-state index is 4.73. The molecule has 0 saturated carbocycles. The quantitative estimate of drug-likeness (QED) is 0.935. The molecule has 0 saturated heterocycles. The van der Waals surface area contributed by atoms with Gasteiger partial charge in [0.15, 0.2) is 0 Å². The van der Waals surface area contributed by atoms with Crippen LogP contribution in [0.1, 0.15) is 49.7 Å². The fourth-order valence-electron chi connectivity index (χ4n) is 1.78. The summed E-state index contributed by atoms with van der Waals surface area (Å²) < 4.78 is 0. The number of nitrogens with zero attached hydrogens (tertiary/aromatic N) is 3. The predicted molar refractivity (Wildman–Crippen MR) is 84.6 cm³/mol. The van der Waals surface area contributed by atoms with E-state index in [1.54, 1.807) is 11.3 Å². The Bertz CT molecular complexity index is 584.